The summed E-state index contributed by atoms with van der Waals surface area (Å²) in [6, 6.07) is 16.6. The van der Waals surface area contributed by atoms with Gasteiger partial charge in [-0.25, -0.2) is 4.57 Å². The lowest BCUT2D eigenvalue weighted by Gasteiger charge is -2.37. The Labute approximate surface area is 321 Å². The lowest BCUT2D eigenvalue weighted by atomic mass is 9.79. The highest BCUT2D eigenvalue weighted by Crippen LogP contribution is 2.38. The van der Waals surface area contributed by atoms with Crippen LogP contribution in [0.25, 0.3) is 10.8 Å². The molecule has 0 aliphatic heterocycles. The van der Waals surface area contributed by atoms with Crippen LogP contribution < -0.4 is 20.7 Å². The summed E-state index contributed by atoms with van der Waals surface area (Å²) in [7, 11) is -5.13. The monoisotopic (exact) mass is 783 g/mol. The van der Waals surface area contributed by atoms with E-state index in [9.17, 15) is 44.1 Å². The van der Waals surface area contributed by atoms with Crippen molar-refractivity contribution in [1.29, 1.82) is 0 Å². The Hall–Kier alpha value is -3.88. The number of fused-ring (bicyclic) bond motifs is 2. The van der Waals surface area contributed by atoms with E-state index in [0.717, 1.165) is 54.0 Å². The maximum absolute atomic E-state index is 14.1. The summed E-state index contributed by atoms with van der Waals surface area (Å²) in [6.07, 6.45) is -0.652. The zero-order valence-corrected chi connectivity index (χ0v) is 32.3. The van der Waals surface area contributed by atoms with Crippen LogP contribution in [0.5, 0.6) is 5.75 Å². The third-order valence-corrected chi connectivity index (χ3v) is 11.4. The molecule has 1 saturated carbocycles. The van der Waals surface area contributed by atoms with E-state index in [2.05, 4.69) is 16.0 Å². The van der Waals surface area contributed by atoms with Crippen LogP contribution in [0, 0.1) is 17.8 Å². The highest BCUT2D eigenvalue weighted by molar-refractivity contribution is 7.46. The van der Waals surface area contributed by atoms with Crippen LogP contribution in [0.4, 0.5) is 0 Å². The van der Waals surface area contributed by atoms with Gasteiger partial charge in [-0.3, -0.25) is 18.9 Å². The van der Waals surface area contributed by atoms with E-state index in [1.165, 1.54) is 6.92 Å². The van der Waals surface area contributed by atoms with Gasteiger partial charge in [0.2, 0.25) is 11.8 Å². The smallest absolute Gasteiger partial charge is 0.469 e. The molecule has 0 heterocycles. The number of benzene rings is 3. The molecule has 2 aliphatic carbocycles. The van der Waals surface area contributed by atoms with Crippen molar-refractivity contribution in [3.63, 3.8) is 0 Å². The fourth-order valence-electron chi connectivity index (χ4n) is 7.99. The first kappa shape index (κ1) is 42.3. The number of nitrogens with one attached hydrogen (secondary N) is 3. The number of hydrogen-bond donors (Lipinski definition) is 8. The zero-order valence-electron chi connectivity index (χ0n) is 31.4. The SMILES string of the molecule is CC(OP(=O)(O)O)[C@H](NC(=O)COc1cccc2ccccc12)C(=O)NC(CC1CCCCC1)[C@@H](O)[C@H](O)[C@H](C(=O)NC1c2ccccc2C[C@H]1O)C(C)C. The van der Waals surface area contributed by atoms with E-state index < -0.39 is 86.5 Å². The molecule has 0 aromatic heterocycles. The molecule has 0 saturated heterocycles. The quantitative estimate of drug-likeness (QED) is 0.0927. The second-order valence-electron chi connectivity index (χ2n) is 15.2. The molecule has 0 spiro atoms. The third-order valence-electron chi connectivity index (χ3n) is 10.8. The van der Waals surface area contributed by atoms with Gasteiger partial charge in [-0.05, 0) is 47.8 Å². The lowest BCUT2D eigenvalue weighted by Crippen LogP contribution is -2.60. The van der Waals surface area contributed by atoms with Gasteiger partial charge in [0.05, 0.1) is 36.3 Å². The molecule has 14 nitrogen and oxygen atoms in total. The second-order valence-corrected chi connectivity index (χ2v) is 16.4. The van der Waals surface area contributed by atoms with Crippen molar-refractivity contribution in [2.75, 3.05) is 6.61 Å². The van der Waals surface area contributed by atoms with Gasteiger partial charge in [0.1, 0.15) is 17.9 Å². The molecule has 3 amide bonds. The molecule has 55 heavy (non-hydrogen) atoms. The summed E-state index contributed by atoms with van der Waals surface area (Å²) in [4.78, 5) is 60.3. The van der Waals surface area contributed by atoms with Crippen LogP contribution in [-0.4, -0.2) is 85.9 Å². The molecule has 0 bridgehead atoms. The fourth-order valence-corrected chi connectivity index (χ4v) is 8.55. The van der Waals surface area contributed by atoms with Gasteiger partial charge in [-0.1, -0.05) is 107 Å². The van der Waals surface area contributed by atoms with Crippen molar-refractivity contribution in [3.05, 3.63) is 77.9 Å². The molecule has 8 atom stereocenters. The van der Waals surface area contributed by atoms with Crippen molar-refractivity contribution in [2.24, 2.45) is 17.8 Å². The summed E-state index contributed by atoms with van der Waals surface area (Å²) in [5.74, 6) is -3.45. The minimum atomic E-state index is -5.13. The highest BCUT2D eigenvalue weighted by atomic mass is 31.2. The predicted octanol–water partition coefficient (Wildman–Crippen LogP) is 3.42. The van der Waals surface area contributed by atoms with Crippen LogP contribution in [0.1, 0.15) is 76.5 Å². The van der Waals surface area contributed by atoms with Gasteiger partial charge >= 0.3 is 7.82 Å². The van der Waals surface area contributed by atoms with E-state index in [0.29, 0.717) is 12.2 Å². The summed E-state index contributed by atoms with van der Waals surface area (Å²) in [6.45, 7) is 4.12. The van der Waals surface area contributed by atoms with Crippen molar-refractivity contribution in [2.45, 2.75) is 108 Å². The summed E-state index contributed by atoms with van der Waals surface area (Å²) >= 11 is 0. The lowest BCUT2D eigenvalue weighted by molar-refractivity contribution is -0.139. The van der Waals surface area contributed by atoms with Gasteiger partial charge in [-0.2, -0.15) is 0 Å². The largest absolute Gasteiger partial charge is 0.483 e. The highest BCUT2D eigenvalue weighted by Gasteiger charge is 2.43. The van der Waals surface area contributed by atoms with Gasteiger partial charge in [0.15, 0.2) is 6.61 Å². The molecule has 1 fully saturated rings. The number of amides is 3. The number of carbonyl (C=O) groups is 3. The Morgan fingerprint density at radius 1 is 0.855 bits per heavy atom. The van der Waals surface area contributed by atoms with Gasteiger partial charge in [0.25, 0.3) is 5.91 Å². The summed E-state index contributed by atoms with van der Waals surface area (Å²) in [5.41, 5.74) is 1.67. The standard InChI is InChI=1S/C40H54N3O11P/c1-23(2)34(39(48)43-36-29-18-10-8-15-27(29)21-31(36)44)38(47)37(46)30(20-25-12-5-4-6-13-25)41-40(49)35(24(3)54-55(50,51)52)42-33(45)22-53-32-19-11-16-26-14-7-9-17-28(26)32/h7-11,14-19,23-25,30-31,34-38,44,46-47H,4-6,12-13,20-22H2,1-3H3,(H,41,49)(H,42,45)(H,43,48)(H2,50,51,52)/t24?,30?,31-,34-,35+,36?,37-,38-/m1/s1. The van der Waals surface area contributed by atoms with E-state index in [1.807, 2.05) is 54.6 Å². The first-order valence-electron chi connectivity index (χ1n) is 19.0. The maximum atomic E-state index is 14.1. The van der Waals surface area contributed by atoms with E-state index in [4.69, 9.17) is 9.26 Å². The Morgan fingerprint density at radius 2 is 1.53 bits per heavy atom. The van der Waals surface area contributed by atoms with E-state index >= 15 is 0 Å². The molecule has 2 aliphatic rings. The molecular weight excluding hydrogens is 729 g/mol. The minimum Gasteiger partial charge on any atom is -0.483 e. The average molecular weight is 784 g/mol. The van der Waals surface area contributed by atoms with Crippen LogP contribution >= 0.6 is 7.82 Å². The van der Waals surface area contributed by atoms with Crippen LogP contribution in [0.2, 0.25) is 0 Å². The van der Waals surface area contributed by atoms with Gasteiger partial charge in [0, 0.05) is 11.8 Å². The molecular formula is C40H54N3O11P. The normalized spacial score (nSPS) is 20.8. The Bertz CT molecular complexity index is 1830. The number of aliphatic hydroxyl groups is 3. The Morgan fingerprint density at radius 3 is 2.24 bits per heavy atom. The van der Waals surface area contributed by atoms with Crippen molar-refractivity contribution >= 4 is 36.3 Å². The molecule has 3 aromatic rings. The van der Waals surface area contributed by atoms with Gasteiger partial charge < -0.3 is 45.8 Å². The van der Waals surface area contributed by atoms with Crippen LogP contribution in [0.3, 0.4) is 0 Å². The first-order valence-corrected chi connectivity index (χ1v) is 20.5. The fraction of sp³-hybridized carbons (Fsp3) is 0.525. The molecule has 300 valence electrons. The Kier molecular flexibility index (Phi) is 14.5. The predicted molar refractivity (Wildman–Crippen MR) is 204 cm³/mol. The topological polar surface area (TPSA) is 224 Å². The minimum absolute atomic E-state index is 0.0586. The number of rotatable bonds is 17. The number of hydrogen-bond acceptors (Lipinski definition) is 9. The van der Waals surface area contributed by atoms with Crippen molar-refractivity contribution < 1.29 is 53.3 Å². The first-order chi connectivity index (χ1) is 26.1. The third kappa shape index (κ3) is 11.1. The van der Waals surface area contributed by atoms with Gasteiger partial charge in [-0.15, -0.1) is 0 Å². The Balaban J connectivity index is 1.34. The van der Waals surface area contributed by atoms with E-state index in [1.54, 1.807) is 26.0 Å². The summed E-state index contributed by atoms with van der Waals surface area (Å²) < 4.78 is 22.5. The number of carbonyl (C=O) groups excluding carboxylic acids is 3. The molecule has 5 rings (SSSR count). The number of phosphoric ester groups is 1. The molecule has 3 unspecified atom stereocenters. The van der Waals surface area contributed by atoms with Crippen LogP contribution in [-0.2, 0) is 29.9 Å². The average Bonchev–Trinajstić information content (AvgIpc) is 3.45. The number of aliphatic hydroxyl groups excluding tert-OH is 3. The molecule has 3 aromatic carbocycles. The maximum Gasteiger partial charge on any atom is 0.469 e. The number of ether oxygens (including phenoxy) is 1. The van der Waals surface area contributed by atoms with Crippen LogP contribution in [0.15, 0.2) is 66.7 Å². The van der Waals surface area contributed by atoms with Crippen molar-refractivity contribution in [1.82, 2.24) is 16.0 Å². The zero-order chi connectivity index (χ0) is 39.9. The van der Waals surface area contributed by atoms with Crippen molar-refractivity contribution in [3.8, 4) is 5.75 Å². The molecule has 8 N–H and O–H groups in total. The number of phosphoric acid groups is 1. The van der Waals surface area contributed by atoms with E-state index in [-0.39, 0.29) is 12.3 Å². The second kappa shape index (κ2) is 18.8. The molecule has 15 heteroatoms. The summed E-state index contributed by atoms with van der Waals surface area (Å²) in [5, 5.41) is 44.0. The molecule has 0 radical (unpaired) electrons.